The number of rotatable bonds is 28. The highest BCUT2D eigenvalue weighted by Crippen LogP contribution is 2.18. The Bertz CT molecular complexity index is 863. The molecule has 0 radical (unpaired) electrons. The zero-order chi connectivity index (χ0) is 29.8. The molecule has 0 aliphatic heterocycles. The van der Waals surface area contributed by atoms with E-state index >= 15 is 0 Å². The lowest BCUT2D eigenvalue weighted by Gasteiger charge is -2.04. The van der Waals surface area contributed by atoms with Crippen LogP contribution in [-0.4, -0.2) is 6.21 Å². The molecule has 0 aliphatic rings. The third kappa shape index (κ3) is 20.1. The van der Waals surface area contributed by atoms with E-state index in [1.807, 2.05) is 6.21 Å². The lowest BCUT2D eigenvalue weighted by atomic mass is 10.0. The van der Waals surface area contributed by atoms with Crippen molar-refractivity contribution < 1.29 is 0 Å². The first-order valence-electron chi connectivity index (χ1n) is 18.5. The van der Waals surface area contributed by atoms with Crippen molar-refractivity contribution in [3.8, 4) is 0 Å². The average molecular weight is 574 g/mol. The maximum atomic E-state index is 4.72. The Morgan fingerprint density at radius 2 is 0.690 bits per heavy atom. The van der Waals surface area contributed by atoms with E-state index in [1.165, 1.54) is 184 Å². The van der Waals surface area contributed by atoms with Gasteiger partial charge in [-0.1, -0.05) is 192 Å². The van der Waals surface area contributed by atoms with Crippen LogP contribution in [0.2, 0.25) is 0 Å². The van der Waals surface area contributed by atoms with Crippen LogP contribution in [-0.2, 0) is 12.8 Å². The van der Waals surface area contributed by atoms with Gasteiger partial charge in [0.05, 0.1) is 5.69 Å². The van der Waals surface area contributed by atoms with Crippen LogP contribution in [0.1, 0.15) is 185 Å². The number of benzene rings is 2. The molecule has 2 aromatic rings. The summed E-state index contributed by atoms with van der Waals surface area (Å²) in [7, 11) is 0. The van der Waals surface area contributed by atoms with E-state index in [4.69, 9.17) is 4.99 Å². The van der Waals surface area contributed by atoms with E-state index in [2.05, 4.69) is 62.4 Å². The molecule has 0 bridgehead atoms. The van der Waals surface area contributed by atoms with Crippen LogP contribution in [0.5, 0.6) is 0 Å². The third-order valence-corrected chi connectivity index (χ3v) is 8.92. The predicted octanol–water partition coefficient (Wildman–Crippen LogP) is 13.9. The number of hydrogen-bond donors (Lipinski definition) is 0. The number of aryl methyl sites for hydroxylation is 2. The number of nitrogens with zero attached hydrogens (tertiary/aromatic N) is 1. The number of aliphatic imine (C=N–C) groups is 1. The maximum Gasteiger partial charge on any atom is 0.0630 e. The van der Waals surface area contributed by atoms with Gasteiger partial charge in [0.15, 0.2) is 0 Å². The Morgan fingerprint density at radius 3 is 1.05 bits per heavy atom. The summed E-state index contributed by atoms with van der Waals surface area (Å²) < 4.78 is 0. The molecule has 0 saturated carbocycles. The van der Waals surface area contributed by atoms with Crippen molar-refractivity contribution >= 4 is 11.9 Å². The van der Waals surface area contributed by atoms with Crippen molar-refractivity contribution in [2.24, 2.45) is 4.99 Å². The SMILES string of the molecule is CCCCCCCCCCCCCCCCc1ccc(N=Cc2ccc(CCCCCCCCCCCC)cc2)cc1. The molecule has 2 rings (SSSR count). The summed E-state index contributed by atoms with van der Waals surface area (Å²) in [5.74, 6) is 0. The monoisotopic (exact) mass is 574 g/mol. The summed E-state index contributed by atoms with van der Waals surface area (Å²) in [5, 5.41) is 0. The van der Waals surface area contributed by atoms with E-state index in [1.54, 1.807) is 0 Å². The number of hydrogen-bond acceptors (Lipinski definition) is 1. The number of unbranched alkanes of at least 4 members (excludes halogenated alkanes) is 22. The molecule has 0 heterocycles. The van der Waals surface area contributed by atoms with Crippen LogP contribution >= 0.6 is 0 Å². The normalized spacial score (nSPS) is 11.6. The highest BCUT2D eigenvalue weighted by molar-refractivity contribution is 5.81. The smallest absolute Gasteiger partial charge is 0.0630 e. The summed E-state index contributed by atoms with van der Waals surface area (Å²) in [6, 6.07) is 17.9. The third-order valence-electron chi connectivity index (χ3n) is 8.92. The largest absolute Gasteiger partial charge is 0.256 e. The summed E-state index contributed by atoms with van der Waals surface area (Å²) >= 11 is 0. The molecule has 236 valence electrons. The zero-order valence-electron chi connectivity index (χ0n) is 28.0. The molecule has 0 amide bonds. The second-order valence-corrected chi connectivity index (χ2v) is 12.9. The van der Waals surface area contributed by atoms with Gasteiger partial charge in [0.2, 0.25) is 0 Å². The first-order valence-corrected chi connectivity index (χ1v) is 18.5. The minimum absolute atomic E-state index is 1.05. The average Bonchev–Trinajstić information content (AvgIpc) is 3.02. The van der Waals surface area contributed by atoms with Crippen LogP contribution in [0.15, 0.2) is 53.5 Å². The lowest BCUT2D eigenvalue weighted by molar-refractivity contribution is 0.535. The van der Waals surface area contributed by atoms with Gasteiger partial charge in [0, 0.05) is 6.21 Å². The molecule has 0 aliphatic carbocycles. The Kier molecular flexibility index (Phi) is 23.1. The van der Waals surface area contributed by atoms with Gasteiger partial charge in [0.1, 0.15) is 0 Å². The van der Waals surface area contributed by atoms with Crippen LogP contribution in [0.4, 0.5) is 5.69 Å². The summed E-state index contributed by atoms with van der Waals surface area (Å²) in [6.07, 6.45) is 38.3. The van der Waals surface area contributed by atoms with Gasteiger partial charge in [-0.05, 0) is 54.5 Å². The molecular weight excluding hydrogens is 506 g/mol. The van der Waals surface area contributed by atoms with Crippen molar-refractivity contribution in [1.82, 2.24) is 0 Å². The molecule has 1 heteroatoms. The molecule has 0 N–H and O–H groups in total. The first kappa shape index (κ1) is 36.3. The van der Waals surface area contributed by atoms with Crippen molar-refractivity contribution in [3.05, 3.63) is 65.2 Å². The van der Waals surface area contributed by atoms with Gasteiger partial charge in [-0.3, -0.25) is 4.99 Å². The topological polar surface area (TPSA) is 12.4 Å². The van der Waals surface area contributed by atoms with Crippen molar-refractivity contribution in [3.63, 3.8) is 0 Å². The zero-order valence-corrected chi connectivity index (χ0v) is 28.0. The van der Waals surface area contributed by atoms with E-state index in [-0.39, 0.29) is 0 Å². The fourth-order valence-corrected chi connectivity index (χ4v) is 6.01. The van der Waals surface area contributed by atoms with Crippen LogP contribution in [0.3, 0.4) is 0 Å². The van der Waals surface area contributed by atoms with Crippen molar-refractivity contribution in [2.45, 2.75) is 181 Å². The lowest BCUT2D eigenvalue weighted by Crippen LogP contribution is -1.88. The van der Waals surface area contributed by atoms with Crippen LogP contribution < -0.4 is 0 Å². The second-order valence-electron chi connectivity index (χ2n) is 12.9. The van der Waals surface area contributed by atoms with Gasteiger partial charge in [-0.2, -0.15) is 0 Å². The molecule has 0 fully saturated rings. The van der Waals surface area contributed by atoms with Gasteiger partial charge in [-0.15, -0.1) is 0 Å². The van der Waals surface area contributed by atoms with Crippen LogP contribution in [0.25, 0.3) is 0 Å². The van der Waals surface area contributed by atoms with Gasteiger partial charge in [-0.25, -0.2) is 0 Å². The van der Waals surface area contributed by atoms with Gasteiger partial charge < -0.3 is 0 Å². The summed E-state index contributed by atoms with van der Waals surface area (Å²) in [4.78, 5) is 4.72. The molecule has 42 heavy (non-hydrogen) atoms. The van der Waals surface area contributed by atoms with E-state index in [9.17, 15) is 0 Å². The van der Waals surface area contributed by atoms with Gasteiger partial charge >= 0.3 is 0 Å². The molecule has 0 aromatic heterocycles. The predicted molar refractivity (Wildman–Crippen MR) is 190 cm³/mol. The Balaban J connectivity index is 1.47. The highest BCUT2D eigenvalue weighted by atomic mass is 14.7. The summed E-state index contributed by atoms with van der Waals surface area (Å²) in [6.45, 7) is 4.59. The molecule has 0 unspecified atom stereocenters. The van der Waals surface area contributed by atoms with E-state index in [0.717, 1.165) is 5.69 Å². The van der Waals surface area contributed by atoms with Crippen molar-refractivity contribution in [1.29, 1.82) is 0 Å². The highest BCUT2D eigenvalue weighted by Gasteiger charge is 1.99. The van der Waals surface area contributed by atoms with Crippen LogP contribution in [0, 0.1) is 0 Å². The molecule has 1 nitrogen and oxygen atoms in total. The fraction of sp³-hybridized carbons (Fsp3) is 0.683. The molecule has 0 spiro atoms. The van der Waals surface area contributed by atoms with Crippen molar-refractivity contribution in [2.75, 3.05) is 0 Å². The van der Waals surface area contributed by atoms with Gasteiger partial charge in [0.25, 0.3) is 0 Å². The van der Waals surface area contributed by atoms with E-state index in [0.29, 0.717) is 0 Å². The Hall–Kier alpha value is -1.89. The van der Waals surface area contributed by atoms with E-state index < -0.39 is 0 Å². The fourth-order valence-electron chi connectivity index (χ4n) is 6.01. The first-order chi connectivity index (χ1) is 20.8. The molecule has 0 atom stereocenters. The molecule has 2 aromatic carbocycles. The molecular formula is C41H67N. The minimum Gasteiger partial charge on any atom is -0.256 e. The molecule has 0 saturated heterocycles. The minimum atomic E-state index is 1.05. The Labute approximate surface area is 262 Å². The maximum absolute atomic E-state index is 4.72. The quantitative estimate of drug-likeness (QED) is 0.0709. The standard InChI is InChI=1S/C41H67N/c1-3-5-7-9-11-13-15-16-17-18-20-22-24-26-28-39-33-35-41(36-34-39)42-37-40-31-29-38(30-32-40)27-25-23-21-19-14-12-10-8-6-4-2/h29-37H,3-28H2,1-2H3. The second kappa shape index (κ2) is 26.7. The Morgan fingerprint density at radius 1 is 0.381 bits per heavy atom. The summed E-state index contributed by atoms with van der Waals surface area (Å²) in [5.41, 5.74) is 5.14.